The molecule has 1 aliphatic heterocycles. The first-order valence-corrected chi connectivity index (χ1v) is 6.26. The maximum absolute atomic E-state index is 12.1. The van der Waals surface area contributed by atoms with Gasteiger partial charge in [0.25, 0.3) is 5.91 Å². The highest BCUT2D eigenvalue weighted by Gasteiger charge is 2.18. The average molecular weight is 249 g/mol. The summed E-state index contributed by atoms with van der Waals surface area (Å²) in [5.74, 6) is 0.824. The molecule has 98 valence electrons. The minimum absolute atomic E-state index is 0.0295. The Hall–Kier alpha value is -1.62. The van der Waals surface area contributed by atoms with E-state index < -0.39 is 0 Å². The monoisotopic (exact) mass is 249 g/mol. The molecule has 0 atom stereocenters. The second kappa shape index (κ2) is 5.82. The number of nitrogens with zero attached hydrogens (tertiary/aromatic N) is 2. The van der Waals surface area contributed by atoms with Gasteiger partial charge in [0.05, 0.1) is 18.8 Å². The Morgan fingerprint density at radius 1 is 1.39 bits per heavy atom. The number of carbonyl (C=O) groups excluding carboxylic acids is 1. The van der Waals surface area contributed by atoms with Crippen molar-refractivity contribution in [2.45, 2.75) is 19.9 Å². The van der Waals surface area contributed by atoms with Crippen molar-refractivity contribution in [1.82, 2.24) is 9.88 Å². The number of hydrogen-bond acceptors (Lipinski definition) is 4. The summed E-state index contributed by atoms with van der Waals surface area (Å²) in [4.78, 5) is 18.2. The summed E-state index contributed by atoms with van der Waals surface area (Å²) < 4.78 is 5.23. The topological polar surface area (TPSA) is 54.5 Å². The molecule has 2 rings (SSSR count). The van der Waals surface area contributed by atoms with E-state index in [1.807, 2.05) is 12.1 Å². The van der Waals surface area contributed by atoms with Crippen LogP contribution in [0.4, 0.5) is 5.82 Å². The molecule has 0 aromatic carbocycles. The number of pyridine rings is 1. The molecule has 1 aromatic rings. The highest BCUT2D eigenvalue weighted by atomic mass is 16.5. The van der Waals surface area contributed by atoms with Gasteiger partial charge in [0, 0.05) is 25.3 Å². The molecule has 1 fully saturated rings. The lowest BCUT2D eigenvalue weighted by molar-refractivity contribution is 0.0302. The van der Waals surface area contributed by atoms with Crippen LogP contribution in [0.1, 0.15) is 24.2 Å². The Morgan fingerprint density at radius 2 is 2.11 bits per heavy atom. The third-order valence-electron chi connectivity index (χ3n) is 2.75. The molecule has 0 unspecified atom stereocenters. The second-order valence-corrected chi connectivity index (χ2v) is 4.64. The fraction of sp³-hybridized carbons (Fsp3) is 0.538. The van der Waals surface area contributed by atoms with Crippen molar-refractivity contribution in [3.05, 3.63) is 23.9 Å². The predicted molar refractivity (Wildman–Crippen MR) is 69.7 cm³/mol. The zero-order valence-electron chi connectivity index (χ0n) is 10.8. The number of morpholine rings is 1. The zero-order valence-corrected chi connectivity index (χ0v) is 10.8. The molecule has 0 bridgehead atoms. The van der Waals surface area contributed by atoms with Gasteiger partial charge in [-0.25, -0.2) is 4.98 Å². The third kappa shape index (κ3) is 3.20. The van der Waals surface area contributed by atoms with E-state index in [4.69, 9.17) is 4.74 Å². The molecular weight excluding hydrogens is 230 g/mol. The van der Waals surface area contributed by atoms with Gasteiger partial charge in [0.15, 0.2) is 0 Å². The van der Waals surface area contributed by atoms with Crippen LogP contribution < -0.4 is 5.32 Å². The first kappa shape index (κ1) is 12.8. The fourth-order valence-electron chi connectivity index (χ4n) is 1.85. The van der Waals surface area contributed by atoms with E-state index in [-0.39, 0.29) is 5.91 Å². The minimum atomic E-state index is 0.0295. The van der Waals surface area contributed by atoms with Crippen LogP contribution in [0, 0.1) is 0 Å². The lowest BCUT2D eigenvalue weighted by Crippen LogP contribution is -2.40. The molecule has 5 heteroatoms. The van der Waals surface area contributed by atoms with Crippen LogP contribution in [0.2, 0.25) is 0 Å². The number of amides is 1. The van der Waals surface area contributed by atoms with E-state index in [9.17, 15) is 4.79 Å². The van der Waals surface area contributed by atoms with E-state index in [1.165, 1.54) is 0 Å². The van der Waals surface area contributed by atoms with E-state index in [2.05, 4.69) is 24.1 Å². The summed E-state index contributed by atoms with van der Waals surface area (Å²) in [6.07, 6.45) is 1.63. The summed E-state index contributed by atoms with van der Waals surface area (Å²) >= 11 is 0. The van der Waals surface area contributed by atoms with E-state index in [0.29, 0.717) is 37.9 Å². The predicted octanol–water partition coefficient (Wildman–Crippen LogP) is 1.37. The molecule has 0 spiro atoms. The number of carbonyl (C=O) groups is 1. The highest BCUT2D eigenvalue weighted by molar-refractivity contribution is 5.94. The van der Waals surface area contributed by atoms with Crippen molar-refractivity contribution in [1.29, 1.82) is 0 Å². The fourth-order valence-corrected chi connectivity index (χ4v) is 1.85. The molecular formula is C13H19N3O2. The van der Waals surface area contributed by atoms with Gasteiger partial charge < -0.3 is 15.0 Å². The number of rotatable bonds is 3. The molecule has 0 aliphatic carbocycles. The molecule has 0 saturated carbocycles. The molecule has 1 amide bonds. The van der Waals surface area contributed by atoms with Gasteiger partial charge >= 0.3 is 0 Å². The van der Waals surface area contributed by atoms with Crippen molar-refractivity contribution in [3.63, 3.8) is 0 Å². The van der Waals surface area contributed by atoms with Gasteiger partial charge in [0.2, 0.25) is 0 Å². The molecule has 2 heterocycles. The Balaban J connectivity index is 2.02. The van der Waals surface area contributed by atoms with Crippen molar-refractivity contribution in [2.24, 2.45) is 0 Å². The van der Waals surface area contributed by atoms with Gasteiger partial charge in [-0.3, -0.25) is 4.79 Å². The van der Waals surface area contributed by atoms with E-state index >= 15 is 0 Å². The molecule has 1 saturated heterocycles. The number of nitrogens with one attached hydrogen (secondary N) is 1. The second-order valence-electron chi connectivity index (χ2n) is 4.64. The van der Waals surface area contributed by atoms with Crippen LogP contribution in [0.3, 0.4) is 0 Å². The van der Waals surface area contributed by atoms with Crippen LogP contribution in [0.15, 0.2) is 18.3 Å². The van der Waals surface area contributed by atoms with Crippen LogP contribution >= 0.6 is 0 Å². The first-order chi connectivity index (χ1) is 8.66. The van der Waals surface area contributed by atoms with Gasteiger partial charge in [0.1, 0.15) is 5.82 Å². The maximum atomic E-state index is 12.1. The first-order valence-electron chi connectivity index (χ1n) is 6.26. The van der Waals surface area contributed by atoms with Crippen molar-refractivity contribution in [3.8, 4) is 0 Å². The quantitative estimate of drug-likeness (QED) is 0.879. The molecule has 18 heavy (non-hydrogen) atoms. The van der Waals surface area contributed by atoms with Gasteiger partial charge in [-0.1, -0.05) is 0 Å². The lowest BCUT2D eigenvalue weighted by Gasteiger charge is -2.26. The summed E-state index contributed by atoms with van der Waals surface area (Å²) in [6, 6.07) is 3.99. The molecule has 1 N–H and O–H groups in total. The van der Waals surface area contributed by atoms with Crippen LogP contribution in [-0.4, -0.2) is 48.1 Å². The van der Waals surface area contributed by atoms with Crippen molar-refractivity contribution in [2.75, 3.05) is 31.6 Å². The van der Waals surface area contributed by atoms with E-state index in [0.717, 1.165) is 5.82 Å². The summed E-state index contributed by atoms with van der Waals surface area (Å²) in [7, 11) is 0. The Bertz CT molecular complexity index is 397. The lowest BCUT2D eigenvalue weighted by atomic mass is 10.2. The number of hydrogen-bond donors (Lipinski definition) is 1. The number of ether oxygens (including phenoxy) is 1. The van der Waals surface area contributed by atoms with Gasteiger partial charge in [-0.05, 0) is 26.0 Å². The minimum Gasteiger partial charge on any atom is -0.378 e. The smallest absolute Gasteiger partial charge is 0.255 e. The molecule has 0 radical (unpaired) electrons. The van der Waals surface area contributed by atoms with Gasteiger partial charge in [-0.2, -0.15) is 0 Å². The summed E-state index contributed by atoms with van der Waals surface area (Å²) in [5, 5.41) is 3.19. The Morgan fingerprint density at radius 3 is 2.67 bits per heavy atom. The van der Waals surface area contributed by atoms with Crippen molar-refractivity contribution >= 4 is 11.7 Å². The average Bonchev–Trinajstić information content (AvgIpc) is 2.39. The van der Waals surface area contributed by atoms with Crippen LogP contribution in [0.5, 0.6) is 0 Å². The van der Waals surface area contributed by atoms with Crippen LogP contribution in [0.25, 0.3) is 0 Å². The van der Waals surface area contributed by atoms with Crippen LogP contribution in [-0.2, 0) is 4.74 Å². The summed E-state index contributed by atoms with van der Waals surface area (Å²) in [6.45, 7) is 6.65. The van der Waals surface area contributed by atoms with Gasteiger partial charge in [-0.15, -0.1) is 0 Å². The number of aromatic nitrogens is 1. The standard InChI is InChI=1S/C13H19N3O2/c1-10(2)15-12-4-3-11(9-14-12)13(17)16-5-7-18-8-6-16/h3-4,9-10H,5-8H2,1-2H3,(H,14,15). The zero-order chi connectivity index (χ0) is 13.0. The third-order valence-corrected chi connectivity index (χ3v) is 2.75. The molecule has 1 aliphatic rings. The SMILES string of the molecule is CC(C)Nc1ccc(C(=O)N2CCOCC2)cn1. The maximum Gasteiger partial charge on any atom is 0.255 e. The molecule has 5 nitrogen and oxygen atoms in total. The summed E-state index contributed by atoms with van der Waals surface area (Å²) in [5.41, 5.74) is 0.631. The number of anilines is 1. The Kier molecular flexibility index (Phi) is 4.15. The Labute approximate surface area is 107 Å². The molecule has 1 aromatic heterocycles. The highest BCUT2D eigenvalue weighted by Crippen LogP contribution is 2.10. The van der Waals surface area contributed by atoms with Crippen molar-refractivity contribution < 1.29 is 9.53 Å². The largest absolute Gasteiger partial charge is 0.378 e. The normalized spacial score (nSPS) is 15.8. The van der Waals surface area contributed by atoms with E-state index in [1.54, 1.807) is 11.1 Å².